The molecule has 5 nitrogen and oxygen atoms in total. The minimum absolute atomic E-state index is 0.271. The molecule has 0 unspecified atom stereocenters. The number of amides is 1. The van der Waals surface area contributed by atoms with Crippen molar-refractivity contribution in [3.63, 3.8) is 0 Å². The maximum atomic E-state index is 13.1. The van der Waals surface area contributed by atoms with Crippen LogP contribution in [0.15, 0.2) is 42.5 Å². The first kappa shape index (κ1) is 21.0. The summed E-state index contributed by atoms with van der Waals surface area (Å²) in [6, 6.07) is 13.6. The molecule has 4 rings (SSSR count). The van der Waals surface area contributed by atoms with E-state index in [1.165, 1.54) is 0 Å². The molecule has 0 spiro atoms. The molecule has 1 amide bonds. The van der Waals surface area contributed by atoms with Crippen molar-refractivity contribution >= 4 is 28.5 Å². The second-order valence-electron chi connectivity index (χ2n) is 8.45. The van der Waals surface area contributed by atoms with Gasteiger partial charge in [-0.15, -0.1) is 0 Å². The number of carbonyl (C=O) groups is 2. The summed E-state index contributed by atoms with van der Waals surface area (Å²) in [7, 11) is 0. The Hall–Kier alpha value is -3.21. The van der Waals surface area contributed by atoms with Crippen molar-refractivity contribution in [1.82, 2.24) is 4.98 Å². The maximum Gasteiger partial charge on any atom is 0.339 e. The molecule has 1 N–H and O–H groups in total. The van der Waals surface area contributed by atoms with Crippen LogP contribution in [0.25, 0.3) is 10.9 Å². The van der Waals surface area contributed by atoms with Crippen molar-refractivity contribution in [2.24, 2.45) is 0 Å². The summed E-state index contributed by atoms with van der Waals surface area (Å²) in [5, 5.41) is 3.72. The first-order valence-corrected chi connectivity index (χ1v) is 10.9. The van der Waals surface area contributed by atoms with Crippen LogP contribution < -0.4 is 5.32 Å². The van der Waals surface area contributed by atoms with Gasteiger partial charge in [0, 0.05) is 16.8 Å². The molecule has 31 heavy (non-hydrogen) atoms. The van der Waals surface area contributed by atoms with Gasteiger partial charge in [-0.2, -0.15) is 0 Å². The Morgan fingerprint density at radius 2 is 1.84 bits per heavy atom. The summed E-state index contributed by atoms with van der Waals surface area (Å²) in [6.45, 7) is 5.81. The summed E-state index contributed by atoms with van der Waals surface area (Å²) in [5.41, 5.74) is 6.14. The fourth-order valence-corrected chi connectivity index (χ4v) is 4.33. The highest BCUT2D eigenvalue weighted by molar-refractivity contribution is 6.06. The van der Waals surface area contributed by atoms with Gasteiger partial charge in [-0.3, -0.25) is 9.78 Å². The lowest BCUT2D eigenvalue weighted by Gasteiger charge is -2.20. The number of esters is 1. The van der Waals surface area contributed by atoms with Gasteiger partial charge in [-0.05, 0) is 61.3 Å². The topological polar surface area (TPSA) is 68.3 Å². The van der Waals surface area contributed by atoms with Crippen LogP contribution >= 0.6 is 0 Å². The van der Waals surface area contributed by atoms with Crippen LogP contribution in [-0.2, 0) is 22.4 Å². The molecule has 0 radical (unpaired) electrons. The fraction of sp³-hybridized carbons (Fsp3) is 0.346. The van der Waals surface area contributed by atoms with E-state index in [1.807, 2.05) is 49.4 Å². The zero-order valence-electron chi connectivity index (χ0n) is 18.3. The quantitative estimate of drug-likeness (QED) is 0.570. The van der Waals surface area contributed by atoms with Crippen molar-refractivity contribution in [2.75, 3.05) is 11.9 Å². The van der Waals surface area contributed by atoms with Gasteiger partial charge in [0.15, 0.2) is 6.61 Å². The maximum absolute atomic E-state index is 13.1. The lowest BCUT2D eigenvalue weighted by atomic mass is 9.90. The molecule has 0 saturated carbocycles. The number of pyridine rings is 1. The van der Waals surface area contributed by atoms with Gasteiger partial charge in [-0.1, -0.05) is 50.2 Å². The van der Waals surface area contributed by atoms with Crippen molar-refractivity contribution < 1.29 is 14.3 Å². The summed E-state index contributed by atoms with van der Waals surface area (Å²) < 4.78 is 5.50. The minimum Gasteiger partial charge on any atom is -0.452 e. The molecule has 0 bridgehead atoms. The van der Waals surface area contributed by atoms with Crippen LogP contribution in [0.5, 0.6) is 0 Å². The highest BCUT2D eigenvalue weighted by Gasteiger charge is 2.24. The van der Waals surface area contributed by atoms with E-state index in [1.54, 1.807) is 0 Å². The summed E-state index contributed by atoms with van der Waals surface area (Å²) in [4.78, 5) is 30.5. The third-order valence-corrected chi connectivity index (χ3v) is 5.90. The van der Waals surface area contributed by atoms with E-state index in [4.69, 9.17) is 9.72 Å². The lowest BCUT2D eigenvalue weighted by Crippen LogP contribution is -2.23. The van der Waals surface area contributed by atoms with Gasteiger partial charge in [-0.25, -0.2) is 4.79 Å². The number of benzene rings is 2. The molecule has 3 aromatic rings. The van der Waals surface area contributed by atoms with E-state index < -0.39 is 5.97 Å². The third-order valence-electron chi connectivity index (χ3n) is 5.90. The summed E-state index contributed by atoms with van der Waals surface area (Å²) in [6.07, 6.45) is 3.78. The Labute approximate surface area is 182 Å². The number of hydrogen-bond donors (Lipinski definition) is 1. The Kier molecular flexibility index (Phi) is 6.03. The number of carbonyl (C=O) groups excluding carboxylic acids is 2. The normalized spacial score (nSPS) is 13.2. The number of aromatic nitrogens is 1. The van der Waals surface area contributed by atoms with Gasteiger partial charge < -0.3 is 10.1 Å². The molecule has 1 heterocycles. The molecule has 1 aliphatic carbocycles. The molecule has 0 atom stereocenters. The van der Waals surface area contributed by atoms with Crippen LogP contribution in [0.4, 0.5) is 5.69 Å². The number of ether oxygens (including phenoxy) is 1. The van der Waals surface area contributed by atoms with Gasteiger partial charge in [0.05, 0.1) is 11.1 Å². The molecule has 0 aliphatic heterocycles. The predicted molar refractivity (Wildman–Crippen MR) is 123 cm³/mol. The minimum atomic E-state index is -0.458. The monoisotopic (exact) mass is 416 g/mol. The predicted octanol–water partition coefficient (Wildman–Crippen LogP) is 5.34. The van der Waals surface area contributed by atoms with Gasteiger partial charge >= 0.3 is 5.97 Å². The molecule has 1 aromatic heterocycles. The third kappa shape index (κ3) is 4.31. The Morgan fingerprint density at radius 1 is 1.06 bits per heavy atom. The number of rotatable bonds is 5. The number of para-hydroxylation sites is 2. The first-order chi connectivity index (χ1) is 15.0. The SMILES string of the molecule is Cc1cccc(C(C)C)c1NC(=O)COC(=O)c1c2c(nc3ccccc13)CCCC2. The summed E-state index contributed by atoms with van der Waals surface area (Å²) in [5.74, 6) is -0.523. The lowest BCUT2D eigenvalue weighted by molar-refractivity contribution is -0.119. The van der Waals surface area contributed by atoms with Crippen LogP contribution in [0, 0.1) is 6.92 Å². The van der Waals surface area contributed by atoms with Gasteiger partial charge in [0.1, 0.15) is 0 Å². The number of nitrogens with one attached hydrogen (secondary N) is 1. The fourth-order valence-electron chi connectivity index (χ4n) is 4.33. The molecule has 0 fully saturated rings. The van der Waals surface area contributed by atoms with Crippen molar-refractivity contribution in [3.8, 4) is 0 Å². The number of aryl methyl sites for hydroxylation is 2. The highest BCUT2D eigenvalue weighted by atomic mass is 16.5. The molecule has 160 valence electrons. The standard InChI is InChI=1S/C26H28N2O3/c1-16(2)18-12-8-9-17(3)25(18)28-23(29)15-31-26(30)24-19-10-4-6-13-21(19)27-22-14-7-5-11-20(22)24/h4,6,8-10,12-13,16H,5,7,11,14-15H2,1-3H3,(H,28,29). The van der Waals surface area contributed by atoms with E-state index >= 15 is 0 Å². The van der Waals surface area contributed by atoms with E-state index in [9.17, 15) is 9.59 Å². The number of anilines is 1. The largest absolute Gasteiger partial charge is 0.452 e. The van der Waals surface area contributed by atoms with Crippen molar-refractivity contribution in [2.45, 2.75) is 52.4 Å². The number of fused-ring (bicyclic) bond motifs is 2. The molecule has 1 aliphatic rings. The Morgan fingerprint density at radius 3 is 2.65 bits per heavy atom. The smallest absolute Gasteiger partial charge is 0.339 e. The second kappa shape index (κ2) is 8.88. The average molecular weight is 417 g/mol. The van der Waals surface area contributed by atoms with E-state index in [0.717, 1.165) is 64.7 Å². The first-order valence-electron chi connectivity index (χ1n) is 10.9. The van der Waals surface area contributed by atoms with Crippen molar-refractivity contribution in [1.29, 1.82) is 0 Å². The Bertz CT molecular complexity index is 1150. The molecule has 0 saturated heterocycles. The highest BCUT2D eigenvalue weighted by Crippen LogP contribution is 2.30. The molecular formula is C26H28N2O3. The zero-order valence-corrected chi connectivity index (χ0v) is 18.3. The van der Waals surface area contributed by atoms with Gasteiger partial charge in [0.25, 0.3) is 5.91 Å². The number of nitrogens with zero attached hydrogens (tertiary/aromatic N) is 1. The zero-order chi connectivity index (χ0) is 22.0. The molecule has 2 aromatic carbocycles. The van der Waals surface area contributed by atoms with E-state index in [2.05, 4.69) is 19.2 Å². The average Bonchev–Trinajstić information content (AvgIpc) is 2.77. The Balaban J connectivity index is 1.55. The van der Waals surface area contributed by atoms with Crippen LogP contribution in [-0.4, -0.2) is 23.5 Å². The van der Waals surface area contributed by atoms with Crippen molar-refractivity contribution in [3.05, 3.63) is 70.4 Å². The molecule has 5 heteroatoms. The van der Waals surface area contributed by atoms with E-state index in [0.29, 0.717) is 5.56 Å². The second-order valence-corrected chi connectivity index (χ2v) is 8.45. The van der Waals surface area contributed by atoms with Crippen LogP contribution in [0.3, 0.4) is 0 Å². The summed E-state index contributed by atoms with van der Waals surface area (Å²) >= 11 is 0. The number of hydrogen-bond acceptors (Lipinski definition) is 4. The van der Waals surface area contributed by atoms with Crippen LogP contribution in [0.2, 0.25) is 0 Å². The van der Waals surface area contributed by atoms with Gasteiger partial charge in [0.2, 0.25) is 0 Å². The molecular weight excluding hydrogens is 388 g/mol. The van der Waals surface area contributed by atoms with Crippen LogP contribution in [0.1, 0.15) is 65.3 Å². The van der Waals surface area contributed by atoms with E-state index in [-0.39, 0.29) is 18.4 Å².